The summed E-state index contributed by atoms with van der Waals surface area (Å²) < 4.78 is 5.26. The van der Waals surface area contributed by atoms with Crippen molar-refractivity contribution in [1.29, 1.82) is 0 Å². The van der Waals surface area contributed by atoms with Crippen molar-refractivity contribution in [2.24, 2.45) is 10.9 Å². The van der Waals surface area contributed by atoms with Crippen LogP contribution in [0, 0.1) is 5.92 Å². The number of carbonyl (C=O) groups excluding carboxylic acids is 1. The molecule has 2 aliphatic heterocycles. The molecule has 2 heterocycles. The summed E-state index contributed by atoms with van der Waals surface area (Å²) in [6.45, 7) is 6.71. The van der Waals surface area contributed by atoms with Crippen LogP contribution in [0.2, 0.25) is 0 Å². The molecule has 0 radical (unpaired) electrons. The minimum atomic E-state index is 0.217. The average Bonchev–Trinajstić information content (AvgIpc) is 3.20. The number of nitrogens with zero attached hydrogens (tertiary/aromatic N) is 4. The van der Waals surface area contributed by atoms with Gasteiger partial charge in [-0.15, -0.1) is 0 Å². The van der Waals surface area contributed by atoms with E-state index in [9.17, 15) is 4.79 Å². The number of carbonyl (C=O) groups is 1. The predicted molar refractivity (Wildman–Crippen MR) is 113 cm³/mol. The molecule has 7 nitrogen and oxygen atoms in total. The van der Waals surface area contributed by atoms with Crippen molar-refractivity contribution >= 4 is 17.6 Å². The number of hydrogen-bond acceptors (Lipinski definition) is 4. The number of amides is 1. The van der Waals surface area contributed by atoms with Gasteiger partial charge in [-0.2, -0.15) is 0 Å². The quantitative estimate of drug-likeness (QED) is 0.588. The lowest BCUT2D eigenvalue weighted by Crippen LogP contribution is -2.49. The second-order valence-corrected chi connectivity index (χ2v) is 7.48. The Labute approximate surface area is 168 Å². The van der Waals surface area contributed by atoms with Crippen molar-refractivity contribution in [3.05, 3.63) is 30.3 Å². The number of benzene rings is 1. The molecule has 1 amide bonds. The zero-order valence-corrected chi connectivity index (χ0v) is 17.1. The summed E-state index contributed by atoms with van der Waals surface area (Å²) in [5, 5.41) is 3.36. The molecule has 1 aromatic rings. The summed E-state index contributed by atoms with van der Waals surface area (Å²) in [6, 6.07) is 10.4. The fourth-order valence-corrected chi connectivity index (χ4v) is 4.02. The third kappa shape index (κ3) is 5.38. The van der Waals surface area contributed by atoms with Crippen molar-refractivity contribution in [2.45, 2.75) is 12.8 Å². The monoisotopic (exact) mass is 387 g/mol. The number of hydrogen-bond donors (Lipinski definition) is 1. The number of para-hydroxylation sites is 1. The Kier molecular flexibility index (Phi) is 7.54. The number of nitrogens with one attached hydrogen (secondary N) is 1. The molecule has 1 atom stereocenters. The Morgan fingerprint density at radius 2 is 1.89 bits per heavy atom. The summed E-state index contributed by atoms with van der Waals surface area (Å²) in [5.41, 5.74) is 1.23. The Bertz CT molecular complexity index is 643. The van der Waals surface area contributed by atoms with E-state index >= 15 is 0 Å². The molecular formula is C21H33N5O2. The number of guanidine groups is 1. The summed E-state index contributed by atoms with van der Waals surface area (Å²) >= 11 is 0. The summed E-state index contributed by atoms with van der Waals surface area (Å²) in [7, 11) is 3.55. The van der Waals surface area contributed by atoms with Crippen LogP contribution >= 0.6 is 0 Å². The fourth-order valence-electron chi connectivity index (χ4n) is 4.02. The van der Waals surface area contributed by atoms with E-state index in [0.29, 0.717) is 18.9 Å². The van der Waals surface area contributed by atoms with E-state index < -0.39 is 0 Å². The molecular weight excluding hydrogens is 354 g/mol. The van der Waals surface area contributed by atoms with E-state index in [1.54, 1.807) is 14.2 Å². The van der Waals surface area contributed by atoms with Crippen molar-refractivity contribution < 1.29 is 9.53 Å². The summed E-state index contributed by atoms with van der Waals surface area (Å²) in [6.07, 6.45) is 1.62. The van der Waals surface area contributed by atoms with Gasteiger partial charge in [-0.3, -0.25) is 9.79 Å². The number of rotatable bonds is 6. The maximum absolute atomic E-state index is 12.6. The van der Waals surface area contributed by atoms with Gasteiger partial charge in [0.1, 0.15) is 0 Å². The zero-order chi connectivity index (χ0) is 19.8. The molecule has 0 bridgehead atoms. The zero-order valence-electron chi connectivity index (χ0n) is 17.1. The molecule has 0 aliphatic carbocycles. The molecule has 3 rings (SSSR count). The summed E-state index contributed by atoms with van der Waals surface area (Å²) in [4.78, 5) is 23.5. The van der Waals surface area contributed by atoms with E-state index in [1.807, 2.05) is 11.0 Å². The van der Waals surface area contributed by atoms with Crippen LogP contribution < -0.4 is 10.2 Å². The fraction of sp³-hybridized carbons (Fsp3) is 0.619. The largest absolute Gasteiger partial charge is 0.384 e. The molecule has 2 aliphatic rings. The number of piperazine rings is 1. The van der Waals surface area contributed by atoms with E-state index in [4.69, 9.17) is 4.74 Å². The van der Waals surface area contributed by atoms with Crippen LogP contribution in [0.15, 0.2) is 35.3 Å². The van der Waals surface area contributed by atoms with Crippen LogP contribution in [-0.4, -0.2) is 88.2 Å². The molecule has 1 unspecified atom stereocenters. The highest BCUT2D eigenvalue weighted by atomic mass is 16.5. The number of aliphatic imine (C=N–C) groups is 1. The van der Waals surface area contributed by atoms with Gasteiger partial charge in [-0.1, -0.05) is 18.2 Å². The lowest BCUT2D eigenvalue weighted by Gasteiger charge is -2.36. The molecule has 2 fully saturated rings. The second kappa shape index (κ2) is 10.3. The van der Waals surface area contributed by atoms with Crippen LogP contribution in [-0.2, 0) is 9.53 Å². The van der Waals surface area contributed by atoms with Crippen LogP contribution in [0.1, 0.15) is 12.8 Å². The van der Waals surface area contributed by atoms with Crippen LogP contribution in [0.3, 0.4) is 0 Å². The van der Waals surface area contributed by atoms with Gasteiger partial charge >= 0.3 is 0 Å². The first-order valence-corrected chi connectivity index (χ1v) is 10.2. The standard InChI is InChI=1S/C21H33N5O2/c1-22-21(26-11-9-18(16-26)17-28-2)23-10-8-20(27)25-14-12-24(13-15-25)19-6-4-3-5-7-19/h3-7,18H,8-17H2,1-2H3,(H,22,23). The molecule has 0 aromatic heterocycles. The smallest absolute Gasteiger partial charge is 0.224 e. The lowest BCUT2D eigenvalue weighted by atomic mass is 10.1. The molecule has 0 saturated carbocycles. The minimum Gasteiger partial charge on any atom is -0.384 e. The predicted octanol–water partition coefficient (Wildman–Crippen LogP) is 1.27. The van der Waals surface area contributed by atoms with E-state index in [2.05, 4.69) is 44.4 Å². The van der Waals surface area contributed by atoms with Crippen molar-refractivity contribution in [3.63, 3.8) is 0 Å². The third-order valence-corrected chi connectivity index (χ3v) is 5.58. The van der Waals surface area contributed by atoms with Crippen molar-refractivity contribution in [3.8, 4) is 0 Å². The third-order valence-electron chi connectivity index (χ3n) is 5.58. The van der Waals surface area contributed by atoms with E-state index in [0.717, 1.165) is 58.3 Å². The topological polar surface area (TPSA) is 60.4 Å². The first-order chi connectivity index (χ1) is 13.7. The van der Waals surface area contributed by atoms with E-state index in [1.165, 1.54) is 5.69 Å². The normalized spacial score (nSPS) is 20.6. The Hall–Kier alpha value is -2.28. The Balaban J connectivity index is 1.37. The van der Waals surface area contributed by atoms with Crippen molar-refractivity contribution in [1.82, 2.24) is 15.1 Å². The molecule has 2 saturated heterocycles. The molecule has 7 heteroatoms. The Morgan fingerprint density at radius 1 is 1.14 bits per heavy atom. The molecule has 0 spiro atoms. The first-order valence-electron chi connectivity index (χ1n) is 10.2. The lowest BCUT2D eigenvalue weighted by molar-refractivity contribution is -0.131. The van der Waals surface area contributed by atoms with Crippen LogP contribution in [0.25, 0.3) is 0 Å². The maximum Gasteiger partial charge on any atom is 0.224 e. The minimum absolute atomic E-state index is 0.217. The van der Waals surface area contributed by atoms with Gasteiger partial charge in [0.15, 0.2) is 5.96 Å². The number of likely N-dealkylation sites (tertiary alicyclic amines) is 1. The maximum atomic E-state index is 12.6. The van der Waals surface area contributed by atoms with Gasteiger partial charge in [0.05, 0.1) is 6.61 Å². The highest BCUT2D eigenvalue weighted by Gasteiger charge is 2.25. The van der Waals surface area contributed by atoms with Crippen LogP contribution in [0.5, 0.6) is 0 Å². The van der Waals surface area contributed by atoms with Gasteiger partial charge in [0.25, 0.3) is 0 Å². The van der Waals surface area contributed by atoms with Gasteiger partial charge in [-0.05, 0) is 18.6 Å². The average molecular weight is 388 g/mol. The summed E-state index contributed by atoms with van der Waals surface area (Å²) in [5.74, 6) is 1.67. The van der Waals surface area contributed by atoms with Gasteiger partial charge < -0.3 is 24.8 Å². The van der Waals surface area contributed by atoms with Crippen molar-refractivity contribution in [2.75, 3.05) is 71.5 Å². The SMILES string of the molecule is CN=C(NCCC(=O)N1CCN(c2ccccc2)CC1)N1CCC(COC)C1. The molecule has 1 aromatic carbocycles. The molecule has 1 N–H and O–H groups in total. The number of ether oxygens (including phenoxy) is 1. The highest BCUT2D eigenvalue weighted by Crippen LogP contribution is 2.17. The Morgan fingerprint density at radius 3 is 2.57 bits per heavy atom. The van der Waals surface area contributed by atoms with Crippen LogP contribution in [0.4, 0.5) is 5.69 Å². The second-order valence-electron chi connectivity index (χ2n) is 7.48. The molecule has 154 valence electrons. The number of methoxy groups -OCH3 is 1. The van der Waals surface area contributed by atoms with E-state index in [-0.39, 0.29) is 5.91 Å². The number of anilines is 1. The van der Waals surface area contributed by atoms with Gasteiger partial charge in [-0.25, -0.2) is 0 Å². The first kappa shape index (κ1) is 20.5. The molecule has 28 heavy (non-hydrogen) atoms. The van der Waals surface area contributed by atoms with Gasteiger partial charge in [0, 0.05) is 78.0 Å². The van der Waals surface area contributed by atoms with Gasteiger partial charge in [0.2, 0.25) is 5.91 Å². The highest BCUT2D eigenvalue weighted by molar-refractivity contribution is 5.81.